The number of para-hydroxylation sites is 1. The van der Waals surface area contributed by atoms with Gasteiger partial charge in [0.2, 0.25) is 5.91 Å². The third-order valence-electron chi connectivity index (χ3n) is 4.42. The monoisotopic (exact) mass is 286 g/mol. The van der Waals surface area contributed by atoms with E-state index in [2.05, 4.69) is 25.3 Å². The van der Waals surface area contributed by atoms with Crippen LogP contribution in [0.3, 0.4) is 0 Å². The van der Waals surface area contributed by atoms with Crippen LogP contribution in [0.15, 0.2) is 30.5 Å². The van der Waals surface area contributed by atoms with Crippen molar-refractivity contribution in [1.29, 1.82) is 0 Å². The summed E-state index contributed by atoms with van der Waals surface area (Å²) < 4.78 is 2.04. The van der Waals surface area contributed by atoms with Gasteiger partial charge in [-0.2, -0.15) is 0 Å². The molecule has 4 heteroatoms. The molecule has 0 saturated carbocycles. The van der Waals surface area contributed by atoms with Crippen LogP contribution in [0.1, 0.15) is 18.4 Å². The van der Waals surface area contributed by atoms with Crippen LogP contribution in [-0.4, -0.2) is 40.2 Å². The van der Waals surface area contributed by atoms with Crippen LogP contribution in [0.2, 0.25) is 0 Å². The maximum atomic E-state index is 12.5. The number of carbonyl (C=O) groups is 1. The SMILES string of the molecule is Cc1cn(CC(=O)N2CCCC(CO)C2)c2ccccc12. The molecular formula is C17H22N2O2. The topological polar surface area (TPSA) is 45.5 Å². The van der Waals surface area contributed by atoms with Crippen molar-refractivity contribution in [2.24, 2.45) is 5.92 Å². The molecule has 1 fully saturated rings. The molecule has 1 aromatic heterocycles. The number of carbonyl (C=O) groups excluding carboxylic acids is 1. The molecule has 1 amide bonds. The van der Waals surface area contributed by atoms with Gasteiger partial charge in [-0.15, -0.1) is 0 Å². The fraction of sp³-hybridized carbons (Fsp3) is 0.471. The summed E-state index contributed by atoms with van der Waals surface area (Å²) in [6, 6.07) is 8.18. The molecule has 1 aromatic carbocycles. The van der Waals surface area contributed by atoms with Crippen LogP contribution >= 0.6 is 0 Å². The molecule has 21 heavy (non-hydrogen) atoms. The molecular weight excluding hydrogens is 264 g/mol. The Kier molecular flexibility index (Phi) is 3.97. The molecule has 3 rings (SSSR count). The highest BCUT2D eigenvalue weighted by Gasteiger charge is 2.23. The maximum Gasteiger partial charge on any atom is 0.242 e. The van der Waals surface area contributed by atoms with Gasteiger partial charge in [-0.3, -0.25) is 4.79 Å². The standard InChI is InChI=1S/C17H22N2O2/c1-13-9-19(16-7-3-2-6-15(13)16)11-17(21)18-8-4-5-14(10-18)12-20/h2-3,6-7,9,14,20H,4-5,8,10-12H2,1H3. The van der Waals surface area contributed by atoms with Crippen molar-refractivity contribution >= 4 is 16.8 Å². The number of aryl methyl sites for hydroxylation is 1. The molecule has 1 aliphatic rings. The summed E-state index contributed by atoms with van der Waals surface area (Å²) in [6.07, 6.45) is 4.06. The van der Waals surface area contributed by atoms with Crippen LogP contribution in [0, 0.1) is 12.8 Å². The van der Waals surface area contributed by atoms with Crippen molar-refractivity contribution in [2.45, 2.75) is 26.3 Å². The lowest BCUT2D eigenvalue weighted by Crippen LogP contribution is -2.42. The Morgan fingerprint density at radius 2 is 2.19 bits per heavy atom. The number of fused-ring (bicyclic) bond motifs is 1. The van der Waals surface area contributed by atoms with Crippen molar-refractivity contribution in [3.63, 3.8) is 0 Å². The number of nitrogens with zero attached hydrogens (tertiary/aromatic N) is 2. The van der Waals surface area contributed by atoms with Gasteiger partial charge in [0, 0.05) is 36.8 Å². The highest BCUT2D eigenvalue weighted by atomic mass is 16.3. The van der Waals surface area contributed by atoms with E-state index >= 15 is 0 Å². The zero-order chi connectivity index (χ0) is 14.8. The highest BCUT2D eigenvalue weighted by molar-refractivity contribution is 5.86. The van der Waals surface area contributed by atoms with E-state index in [0.29, 0.717) is 13.1 Å². The van der Waals surface area contributed by atoms with E-state index in [1.807, 2.05) is 21.6 Å². The minimum absolute atomic E-state index is 0.147. The molecule has 0 bridgehead atoms. The van der Waals surface area contributed by atoms with Gasteiger partial charge in [0.05, 0.1) is 0 Å². The molecule has 1 unspecified atom stereocenters. The first kappa shape index (κ1) is 14.1. The fourth-order valence-corrected chi connectivity index (χ4v) is 3.25. The summed E-state index contributed by atoms with van der Waals surface area (Å²) in [5, 5.41) is 10.5. The Bertz CT molecular complexity index is 647. The first-order valence-electron chi connectivity index (χ1n) is 7.62. The third kappa shape index (κ3) is 2.81. The number of piperidine rings is 1. The molecule has 0 spiro atoms. The van der Waals surface area contributed by atoms with Crippen LogP contribution < -0.4 is 0 Å². The Morgan fingerprint density at radius 3 is 3.00 bits per heavy atom. The molecule has 1 aliphatic heterocycles. The van der Waals surface area contributed by atoms with Crippen molar-refractivity contribution in [1.82, 2.24) is 9.47 Å². The lowest BCUT2D eigenvalue weighted by Gasteiger charge is -2.32. The van der Waals surface area contributed by atoms with Gasteiger partial charge in [-0.25, -0.2) is 0 Å². The average Bonchev–Trinajstić information content (AvgIpc) is 2.84. The van der Waals surface area contributed by atoms with E-state index in [1.54, 1.807) is 0 Å². The number of likely N-dealkylation sites (tertiary alicyclic amines) is 1. The minimum Gasteiger partial charge on any atom is -0.396 e. The van der Waals surface area contributed by atoms with E-state index in [0.717, 1.165) is 24.9 Å². The van der Waals surface area contributed by atoms with Crippen molar-refractivity contribution in [3.8, 4) is 0 Å². The Balaban J connectivity index is 1.77. The van der Waals surface area contributed by atoms with Gasteiger partial charge in [-0.05, 0) is 37.3 Å². The first-order chi connectivity index (χ1) is 10.2. The second kappa shape index (κ2) is 5.90. The molecule has 2 aromatic rings. The molecule has 1 saturated heterocycles. The molecule has 4 nitrogen and oxygen atoms in total. The summed E-state index contributed by atoms with van der Waals surface area (Å²) in [4.78, 5) is 14.4. The predicted octanol–water partition coefficient (Wildman–Crippen LogP) is 2.18. The number of benzene rings is 1. The Morgan fingerprint density at radius 1 is 1.38 bits per heavy atom. The van der Waals surface area contributed by atoms with Crippen molar-refractivity contribution in [2.75, 3.05) is 19.7 Å². The number of hydrogen-bond donors (Lipinski definition) is 1. The van der Waals surface area contributed by atoms with Gasteiger partial charge >= 0.3 is 0 Å². The zero-order valence-electron chi connectivity index (χ0n) is 12.5. The number of aromatic nitrogens is 1. The molecule has 1 N–H and O–H groups in total. The molecule has 112 valence electrons. The summed E-state index contributed by atoms with van der Waals surface area (Å²) in [5.41, 5.74) is 2.31. The largest absolute Gasteiger partial charge is 0.396 e. The number of amides is 1. The Labute approximate surface area is 125 Å². The summed E-state index contributed by atoms with van der Waals surface area (Å²) in [6.45, 7) is 4.13. The fourth-order valence-electron chi connectivity index (χ4n) is 3.25. The van der Waals surface area contributed by atoms with Gasteiger partial charge in [-0.1, -0.05) is 18.2 Å². The van der Waals surface area contributed by atoms with E-state index in [9.17, 15) is 9.90 Å². The van der Waals surface area contributed by atoms with Crippen molar-refractivity contribution < 1.29 is 9.90 Å². The Hall–Kier alpha value is -1.81. The second-order valence-electron chi connectivity index (χ2n) is 5.99. The van der Waals surface area contributed by atoms with Crippen molar-refractivity contribution in [3.05, 3.63) is 36.0 Å². The number of hydrogen-bond acceptors (Lipinski definition) is 2. The predicted molar refractivity (Wildman–Crippen MR) is 83.1 cm³/mol. The molecule has 2 heterocycles. The summed E-state index contributed by atoms with van der Waals surface area (Å²) >= 11 is 0. The van der Waals surface area contributed by atoms with E-state index in [-0.39, 0.29) is 18.4 Å². The van der Waals surface area contributed by atoms with Crippen LogP contribution in [0.4, 0.5) is 0 Å². The number of aliphatic hydroxyl groups is 1. The maximum absolute atomic E-state index is 12.5. The smallest absolute Gasteiger partial charge is 0.242 e. The minimum atomic E-state index is 0.147. The van der Waals surface area contributed by atoms with Gasteiger partial charge in [0.15, 0.2) is 0 Å². The van der Waals surface area contributed by atoms with Crippen LogP contribution in [0.5, 0.6) is 0 Å². The van der Waals surface area contributed by atoms with Gasteiger partial charge in [0.25, 0.3) is 0 Å². The third-order valence-corrected chi connectivity index (χ3v) is 4.42. The van der Waals surface area contributed by atoms with Crippen LogP contribution in [0.25, 0.3) is 10.9 Å². The second-order valence-corrected chi connectivity index (χ2v) is 5.99. The van der Waals surface area contributed by atoms with Crippen LogP contribution in [-0.2, 0) is 11.3 Å². The number of rotatable bonds is 3. The normalized spacial score (nSPS) is 19.1. The average molecular weight is 286 g/mol. The summed E-state index contributed by atoms with van der Waals surface area (Å²) in [7, 11) is 0. The summed E-state index contributed by atoms with van der Waals surface area (Å²) in [5.74, 6) is 0.389. The zero-order valence-corrected chi connectivity index (χ0v) is 12.5. The van der Waals surface area contributed by atoms with Gasteiger partial charge in [0.1, 0.15) is 6.54 Å². The van der Waals surface area contributed by atoms with Gasteiger partial charge < -0.3 is 14.6 Å². The number of aliphatic hydroxyl groups excluding tert-OH is 1. The quantitative estimate of drug-likeness (QED) is 0.940. The van der Waals surface area contributed by atoms with E-state index < -0.39 is 0 Å². The highest BCUT2D eigenvalue weighted by Crippen LogP contribution is 2.21. The van der Waals surface area contributed by atoms with E-state index in [1.165, 1.54) is 10.9 Å². The van der Waals surface area contributed by atoms with E-state index in [4.69, 9.17) is 0 Å². The first-order valence-corrected chi connectivity index (χ1v) is 7.62. The lowest BCUT2D eigenvalue weighted by atomic mass is 9.99. The molecule has 1 atom stereocenters. The lowest BCUT2D eigenvalue weighted by molar-refractivity contribution is -0.133. The molecule has 0 radical (unpaired) electrons. The molecule has 0 aliphatic carbocycles.